The van der Waals surface area contributed by atoms with Crippen LogP contribution in [-0.2, 0) is 0 Å². The molecule has 0 radical (unpaired) electrons. The van der Waals surface area contributed by atoms with Gasteiger partial charge in [-0.25, -0.2) is 0 Å². The molecule has 2 aromatic carbocycles. The van der Waals surface area contributed by atoms with Crippen LogP contribution in [0.5, 0.6) is 5.75 Å². The average molecular weight is 420 g/mol. The van der Waals surface area contributed by atoms with E-state index in [1.54, 1.807) is 43.5 Å². The second-order valence-electron chi connectivity index (χ2n) is 3.93. The molecule has 104 valence electrons. The normalized spacial score (nSPS) is 10.2. The summed E-state index contributed by atoms with van der Waals surface area (Å²) in [6, 6.07) is 10.2. The first-order valence-electron chi connectivity index (χ1n) is 5.61. The minimum Gasteiger partial charge on any atom is -0.497 e. The fourth-order valence-electron chi connectivity index (χ4n) is 1.57. The molecule has 0 heterocycles. The number of nitrogens with one attached hydrogen (secondary N) is 1. The molecule has 0 aliphatic heterocycles. The minimum atomic E-state index is -0.215. The summed E-state index contributed by atoms with van der Waals surface area (Å²) < 4.78 is 6.60. The predicted molar refractivity (Wildman–Crippen MR) is 87.8 cm³/mol. The topological polar surface area (TPSA) is 38.3 Å². The van der Waals surface area contributed by atoms with Crippen molar-refractivity contribution in [2.75, 3.05) is 12.4 Å². The maximum absolute atomic E-state index is 12.2. The maximum Gasteiger partial charge on any atom is 0.255 e. The number of amides is 1. The SMILES string of the molecule is COc1cc(Br)c(NC(=O)c2ccc(Cl)cc2)c(Br)c1. The Morgan fingerprint density at radius 2 is 1.70 bits per heavy atom. The van der Waals surface area contributed by atoms with Gasteiger partial charge in [-0.2, -0.15) is 0 Å². The molecule has 1 amide bonds. The van der Waals surface area contributed by atoms with Crippen molar-refractivity contribution < 1.29 is 9.53 Å². The van der Waals surface area contributed by atoms with Crippen molar-refractivity contribution >= 4 is 55.1 Å². The van der Waals surface area contributed by atoms with Gasteiger partial charge in [0.2, 0.25) is 0 Å². The molecule has 0 aliphatic carbocycles. The Balaban J connectivity index is 2.26. The van der Waals surface area contributed by atoms with E-state index in [0.29, 0.717) is 22.0 Å². The zero-order valence-electron chi connectivity index (χ0n) is 10.4. The number of hydrogen-bond donors (Lipinski definition) is 1. The van der Waals surface area contributed by atoms with Gasteiger partial charge in [0.15, 0.2) is 0 Å². The third-order valence-electron chi connectivity index (χ3n) is 2.60. The molecule has 0 aliphatic rings. The smallest absolute Gasteiger partial charge is 0.255 e. The summed E-state index contributed by atoms with van der Waals surface area (Å²) in [5.74, 6) is 0.474. The van der Waals surface area contributed by atoms with Gasteiger partial charge < -0.3 is 10.1 Å². The van der Waals surface area contributed by atoms with Gasteiger partial charge in [0.1, 0.15) is 5.75 Å². The van der Waals surface area contributed by atoms with Crippen molar-refractivity contribution in [3.05, 3.63) is 55.9 Å². The number of carbonyl (C=O) groups excluding carboxylic acids is 1. The molecule has 6 heteroatoms. The largest absolute Gasteiger partial charge is 0.497 e. The zero-order valence-corrected chi connectivity index (χ0v) is 14.3. The summed E-state index contributed by atoms with van der Waals surface area (Å²) in [6.45, 7) is 0. The molecule has 0 saturated heterocycles. The standard InChI is InChI=1S/C14H10Br2ClNO2/c1-20-10-6-11(15)13(12(16)7-10)18-14(19)8-2-4-9(17)5-3-8/h2-7H,1H3,(H,18,19). The van der Waals surface area contributed by atoms with Crippen LogP contribution in [0.1, 0.15) is 10.4 Å². The maximum atomic E-state index is 12.2. The van der Waals surface area contributed by atoms with Gasteiger partial charge in [-0.05, 0) is 68.3 Å². The average Bonchev–Trinajstić information content (AvgIpc) is 2.43. The van der Waals surface area contributed by atoms with Crippen LogP contribution in [0.25, 0.3) is 0 Å². The van der Waals surface area contributed by atoms with Gasteiger partial charge in [0.25, 0.3) is 5.91 Å². The van der Waals surface area contributed by atoms with E-state index < -0.39 is 0 Å². The lowest BCUT2D eigenvalue weighted by Crippen LogP contribution is -2.12. The van der Waals surface area contributed by atoms with E-state index in [2.05, 4.69) is 37.2 Å². The number of anilines is 1. The van der Waals surface area contributed by atoms with E-state index in [-0.39, 0.29) is 5.91 Å². The fourth-order valence-corrected chi connectivity index (χ4v) is 3.04. The van der Waals surface area contributed by atoms with E-state index in [0.717, 1.165) is 8.95 Å². The first-order valence-corrected chi connectivity index (χ1v) is 7.57. The Bertz CT molecular complexity index is 621. The first-order chi connectivity index (χ1) is 9.51. The molecule has 20 heavy (non-hydrogen) atoms. The van der Waals surface area contributed by atoms with Gasteiger partial charge in [0, 0.05) is 19.5 Å². The number of halogens is 3. The van der Waals surface area contributed by atoms with Gasteiger partial charge in [-0.1, -0.05) is 11.6 Å². The molecule has 0 unspecified atom stereocenters. The highest BCUT2D eigenvalue weighted by molar-refractivity contribution is 9.11. The highest BCUT2D eigenvalue weighted by Gasteiger charge is 2.12. The van der Waals surface area contributed by atoms with Crippen LogP contribution in [0.15, 0.2) is 45.3 Å². The lowest BCUT2D eigenvalue weighted by molar-refractivity contribution is 0.102. The molecule has 0 aromatic heterocycles. The van der Waals surface area contributed by atoms with Crippen molar-refractivity contribution in [2.24, 2.45) is 0 Å². The van der Waals surface area contributed by atoms with Gasteiger partial charge in [-0.3, -0.25) is 4.79 Å². The number of benzene rings is 2. The fraction of sp³-hybridized carbons (Fsp3) is 0.0714. The molecule has 0 atom stereocenters. The highest BCUT2D eigenvalue weighted by Crippen LogP contribution is 2.35. The second-order valence-corrected chi connectivity index (χ2v) is 6.07. The van der Waals surface area contributed by atoms with Crippen molar-refractivity contribution in [1.29, 1.82) is 0 Å². The van der Waals surface area contributed by atoms with Crippen LogP contribution in [0.2, 0.25) is 5.02 Å². The van der Waals surface area contributed by atoms with Crippen molar-refractivity contribution in [1.82, 2.24) is 0 Å². The van der Waals surface area contributed by atoms with Crippen LogP contribution in [0.3, 0.4) is 0 Å². The summed E-state index contributed by atoms with van der Waals surface area (Å²) in [4.78, 5) is 12.2. The Morgan fingerprint density at radius 1 is 1.15 bits per heavy atom. The van der Waals surface area contributed by atoms with Crippen molar-refractivity contribution in [2.45, 2.75) is 0 Å². The van der Waals surface area contributed by atoms with Crippen LogP contribution in [0, 0.1) is 0 Å². The Morgan fingerprint density at radius 3 is 2.20 bits per heavy atom. The summed E-state index contributed by atoms with van der Waals surface area (Å²) in [6.07, 6.45) is 0. The lowest BCUT2D eigenvalue weighted by Gasteiger charge is -2.11. The van der Waals surface area contributed by atoms with Crippen LogP contribution < -0.4 is 10.1 Å². The summed E-state index contributed by atoms with van der Waals surface area (Å²) in [5, 5.41) is 3.43. The van der Waals surface area contributed by atoms with E-state index in [1.807, 2.05) is 0 Å². The van der Waals surface area contributed by atoms with Crippen LogP contribution >= 0.6 is 43.5 Å². The molecular formula is C14H10Br2ClNO2. The number of methoxy groups -OCH3 is 1. The molecule has 2 rings (SSSR count). The third-order valence-corrected chi connectivity index (χ3v) is 4.10. The number of carbonyl (C=O) groups is 1. The molecule has 0 spiro atoms. The molecule has 0 bridgehead atoms. The van der Waals surface area contributed by atoms with Crippen molar-refractivity contribution in [3.63, 3.8) is 0 Å². The van der Waals surface area contributed by atoms with Gasteiger partial charge in [0.05, 0.1) is 12.8 Å². The Labute approximate surface area is 138 Å². The van der Waals surface area contributed by atoms with Gasteiger partial charge >= 0.3 is 0 Å². The van der Waals surface area contributed by atoms with Gasteiger partial charge in [-0.15, -0.1) is 0 Å². The second kappa shape index (κ2) is 6.61. The van der Waals surface area contributed by atoms with E-state index in [1.165, 1.54) is 0 Å². The van der Waals surface area contributed by atoms with E-state index in [9.17, 15) is 4.79 Å². The lowest BCUT2D eigenvalue weighted by atomic mass is 10.2. The number of ether oxygens (including phenoxy) is 1. The Hall–Kier alpha value is -1.04. The molecular weight excluding hydrogens is 409 g/mol. The predicted octanol–water partition coefficient (Wildman–Crippen LogP) is 5.13. The van der Waals surface area contributed by atoms with Crippen molar-refractivity contribution in [3.8, 4) is 5.75 Å². The minimum absolute atomic E-state index is 0.215. The molecule has 1 N–H and O–H groups in total. The molecule has 0 fully saturated rings. The van der Waals surface area contributed by atoms with E-state index in [4.69, 9.17) is 16.3 Å². The molecule has 0 saturated carbocycles. The molecule has 2 aromatic rings. The molecule has 3 nitrogen and oxygen atoms in total. The highest BCUT2D eigenvalue weighted by atomic mass is 79.9. The monoisotopic (exact) mass is 417 g/mol. The first kappa shape index (κ1) is 15.4. The summed E-state index contributed by atoms with van der Waals surface area (Å²) >= 11 is 12.6. The number of hydrogen-bond acceptors (Lipinski definition) is 2. The quantitative estimate of drug-likeness (QED) is 0.749. The third kappa shape index (κ3) is 3.53. The van der Waals surface area contributed by atoms with E-state index >= 15 is 0 Å². The zero-order chi connectivity index (χ0) is 14.7. The summed E-state index contributed by atoms with van der Waals surface area (Å²) in [7, 11) is 1.58. The van der Waals surface area contributed by atoms with Crippen LogP contribution in [0.4, 0.5) is 5.69 Å². The number of rotatable bonds is 3. The Kier molecular flexibility index (Phi) is 5.07. The van der Waals surface area contributed by atoms with Crippen LogP contribution in [-0.4, -0.2) is 13.0 Å². The summed E-state index contributed by atoms with van der Waals surface area (Å²) in [5.41, 5.74) is 1.18.